The van der Waals surface area contributed by atoms with Gasteiger partial charge in [0.25, 0.3) is 0 Å². The van der Waals surface area contributed by atoms with Gasteiger partial charge >= 0.3 is 0 Å². The summed E-state index contributed by atoms with van der Waals surface area (Å²) in [4.78, 5) is 4.44. The van der Waals surface area contributed by atoms with Crippen LogP contribution in [0.3, 0.4) is 0 Å². The van der Waals surface area contributed by atoms with Crippen LogP contribution in [0.4, 0.5) is 5.82 Å². The highest BCUT2D eigenvalue weighted by Crippen LogP contribution is 2.42. The Labute approximate surface area is 78.0 Å². The molecule has 2 aliphatic rings. The molecule has 0 amide bonds. The number of nitrogen functional groups attached to an aromatic ring is 1. The zero-order valence-electron chi connectivity index (χ0n) is 7.74. The quantitative estimate of drug-likeness (QED) is 0.751. The summed E-state index contributed by atoms with van der Waals surface area (Å²) in [5.41, 5.74) is 7.22. The lowest BCUT2D eigenvalue weighted by molar-refractivity contribution is 0.413. The summed E-state index contributed by atoms with van der Waals surface area (Å²) in [5.74, 6) is 1.60. The maximum Gasteiger partial charge on any atom is 0.127 e. The third kappa shape index (κ3) is 1.06. The third-order valence-electron chi connectivity index (χ3n) is 3.29. The van der Waals surface area contributed by atoms with Crippen LogP contribution in [0.25, 0.3) is 0 Å². The molecule has 0 bridgehead atoms. The van der Waals surface area contributed by atoms with E-state index in [1.54, 1.807) is 0 Å². The Balaban J connectivity index is 1.91. The molecule has 0 spiro atoms. The van der Waals surface area contributed by atoms with E-state index in [1.165, 1.54) is 32.1 Å². The first-order chi connectivity index (χ1) is 6.36. The van der Waals surface area contributed by atoms with Crippen LogP contribution in [0.15, 0.2) is 6.33 Å². The number of nitrogens with zero attached hydrogens (tertiary/aromatic N) is 2. The van der Waals surface area contributed by atoms with Gasteiger partial charge in [0.15, 0.2) is 0 Å². The second kappa shape index (κ2) is 2.50. The molecule has 3 heteroatoms. The Kier molecular flexibility index (Phi) is 1.43. The smallest absolute Gasteiger partial charge is 0.127 e. The normalized spacial score (nSPS) is 23.1. The van der Waals surface area contributed by atoms with Crippen molar-refractivity contribution in [3.05, 3.63) is 12.0 Å². The number of hydrogen-bond acceptors (Lipinski definition) is 2. The lowest BCUT2D eigenvalue weighted by Crippen LogP contribution is -2.12. The largest absolute Gasteiger partial charge is 0.384 e. The maximum absolute atomic E-state index is 6.06. The van der Waals surface area contributed by atoms with Crippen LogP contribution in [-0.2, 0) is 0 Å². The van der Waals surface area contributed by atoms with Crippen molar-refractivity contribution in [2.45, 2.75) is 44.1 Å². The molecule has 70 valence electrons. The van der Waals surface area contributed by atoms with Crippen molar-refractivity contribution in [1.29, 1.82) is 0 Å². The molecule has 0 unspecified atom stereocenters. The number of imidazole rings is 1. The Bertz CT molecular complexity index is 321. The van der Waals surface area contributed by atoms with E-state index in [0.717, 1.165) is 11.5 Å². The molecule has 0 radical (unpaired) electrons. The van der Waals surface area contributed by atoms with Crippen molar-refractivity contribution in [2.75, 3.05) is 5.73 Å². The SMILES string of the molecule is Nc1c(C2CCC2)ncn1C1CC1. The molecular weight excluding hydrogens is 162 g/mol. The molecule has 13 heavy (non-hydrogen) atoms. The fraction of sp³-hybridized carbons (Fsp3) is 0.700. The molecule has 2 aliphatic carbocycles. The van der Waals surface area contributed by atoms with Gasteiger partial charge in [-0.05, 0) is 25.7 Å². The molecule has 0 aromatic carbocycles. The number of rotatable bonds is 2. The molecule has 3 nitrogen and oxygen atoms in total. The van der Waals surface area contributed by atoms with Gasteiger partial charge in [-0.2, -0.15) is 0 Å². The standard InChI is InChI=1S/C10H15N3/c11-10-9(7-2-1-3-7)12-6-13(10)8-4-5-8/h6-8H,1-5,11H2. The van der Waals surface area contributed by atoms with Gasteiger partial charge < -0.3 is 10.3 Å². The summed E-state index contributed by atoms with van der Waals surface area (Å²) in [6.45, 7) is 0. The summed E-state index contributed by atoms with van der Waals surface area (Å²) in [6, 6.07) is 0.668. The van der Waals surface area contributed by atoms with Crippen LogP contribution in [0.5, 0.6) is 0 Å². The van der Waals surface area contributed by atoms with Crippen molar-refractivity contribution in [2.24, 2.45) is 0 Å². The van der Waals surface area contributed by atoms with E-state index in [-0.39, 0.29) is 0 Å². The minimum absolute atomic E-state index is 0.667. The monoisotopic (exact) mass is 177 g/mol. The Morgan fingerprint density at radius 1 is 1.31 bits per heavy atom. The number of anilines is 1. The van der Waals surface area contributed by atoms with Crippen LogP contribution >= 0.6 is 0 Å². The third-order valence-corrected chi connectivity index (χ3v) is 3.29. The molecule has 0 saturated heterocycles. The van der Waals surface area contributed by atoms with Gasteiger partial charge in [0.05, 0.1) is 12.0 Å². The molecule has 0 atom stereocenters. The van der Waals surface area contributed by atoms with Gasteiger partial charge in [-0.3, -0.25) is 0 Å². The number of aromatic nitrogens is 2. The second-order valence-corrected chi connectivity index (χ2v) is 4.28. The van der Waals surface area contributed by atoms with Gasteiger partial charge in [0.2, 0.25) is 0 Å². The minimum Gasteiger partial charge on any atom is -0.384 e. The number of nitrogens with two attached hydrogens (primary N) is 1. The van der Waals surface area contributed by atoms with Crippen LogP contribution in [0.1, 0.15) is 49.8 Å². The van der Waals surface area contributed by atoms with Crippen molar-refractivity contribution < 1.29 is 0 Å². The molecule has 1 heterocycles. The molecule has 2 saturated carbocycles. The fourth-order valence-electron chi connectivity index (χ4n) is 2.02. The first-order valence-electron chi connectivity index (χ1n) is 5.18. The fourth-order valence-corrected chi connectivity index (χ4v) is 2.02. The second-order valence-electron chi connectivity index (χ2n) is 4.28. The summed E-state index contributed by atoms with van der Waals surface area (Å²) >= 11 is 0. The van der Waals surface area contributed by atoms with Crippen molar-refractivity contribution in [3.8, 4) is 0 Å². The molecule has 1 aromatic rings. The van der Waals surface area contributed by atoms with Gasteiger partial charge in [-0.25, -0.2) is 4.98 Å². The molecule has 1 aromatic heterocycles. The summed E-state index contributed by atoms with van der Waals surface area (Å²) < 4.78 is 2.16. The predicted molar refractivity (Wildman–Crippen MR) is 51.5 cm³/mol. The average Bonchev–Trinajstić information content (AvgIpc) is 2.78. The summed E-state index contributed by atoms with van der Waals surface area (Å²) in [5, 5.41) is 0. The van der Waals surface area contributed by atoms with E-state index in [9.17, 15) is 0 Å². The predicted octanol–water partition coefficient (Wildman–Crippen LogP) is 2.07. The van der Waals surface area contributed by atoms with E-state index >= 15 is 0 Å². The topological polar surface area (TPSA) is 43.8 Å². The van der Waals surface area contributed by atoms with Crippen LogP contribution < -0.4 is 5.73 Å². The highest BCUT2D eigenvalue weighted by Gasteiger charge is 2.30. The lowest BCUT2D eigenvalue weighted by Gasteiger charge is -2.24. The zero-order valence-corrected chi connectivity index (χ0v) is 7.74. The lowest BCUT2D eigenvalue weighted by atomic mass is 9.83. The van der Waals surface area contributed by atoms with E-state index in [1.807, 2.05) is 6.33 Å². The van der Waals surface area contributed by atoms with Gasteiger partial charge in [0.1, 0.15) is 5.82 Å². The Morgan fingerprint density at radius 3 is 2.62 bits per heavy atom. The summed E-state index contributed by atoms with van der Waals surface area (Å²) in [6.07, 6.45) is 8.41. The Hall–Kier alpha value is -0.990. The van der Waals surface area contributed by atoms with E-state index in [4.69, 9.17) is 5.73 Å². The van der Waals surface area contributed by atoms with Crippen LogP contribution in [0, 0.1) is 0 Å². The first-order valence-corrected chi connectivity index (χ1v) is 5.18. The Morgan fingerprint density at radius 2 is 2.08 bits per heavy atom. The molecule has 2 N–H and O–H groups in total. The first kappa shape index (κ1) is 7.42. The average molecular weight is 177 g/mol. The van der Waals surface area contributed by atoms with Crippen molar-refractivity contribution in [3.63, 3.8) is 0 Å². The molecule has 0 aliphatic heterocycles. The molecular formula is C10H15N3. The van der Waals surface area contributed by atoms with Crippen LogP contribution in [0.2, 0.25) is 0 Å². The molecule has 2 fully saturated rings. The van der Waals surface area contributed by atoms with E-state index < -0.39 is 0 Å². The highest BCUT2D eigenvalue weighted by molar-refractivity contribution is 5.40. The van der Waals surface area contributed by atoms with Crippen LogP contribution in [-0.4, -0.2) is 9.55 Å². The highest BCUT2D eigenvalue weighted by atomic mass is 15.2. The summed E-state index contributed by atoms with van der Waals surface area (Å²) in [7, 11) is 0. The van der Waals surface area contributed by atoms with Gasteiger partial charge in [-0.1, -0.05) is 6.42 Å². The molecule has 3 rings (SSSR count). The minimum atomic E-state index is 0.667. The zero-order chi connectivity index (χ0) is 8.84. The van der Waals surface area contributed by atoms with Crippen molar-refractivity contribution >= 4 is 5.82 Å². The van der Waals surface area contributed by atoms with Gasteiger partial charge in [0, 0.05) is 12.0 Å². The van der Waals surface area contributed by atoms with E-state index in [0.29, 0.717) is 12.0 Å². The van der Waals surface area contributed by atoms with Crippen molar-refractivity contribution in [1.82, 2.24) is 9.55 Å². The van der Waals surface area contributed by atoms with E-state index in [2.05, 4.69) is 9.55 Å². The maximum atomic E-state index is 6.06. The van der Waals surface area contributed by atoms with Gasteiger partial charge in [-0.15, -0.1) is 0 Å². The number of hydrogen-bond donors (Lipinski definition) is 1.